The smallest absolute Gasteiger partial charge is 0.318 e. The predicted molar refractivity (Wildman–Crippen MR) is 88.8 cm³/mol. The highest BCUT2D eigenvalue weighted by Gasteiger charge is 2.32. The van der Waals surface area contributed by atoms with Crippen molar-refractivity contribution in [1.82, 2.24) is 10.2 Å². The molecule has 1 N–H and O–H groups in total. The molecular weight excluding hydrogens is 282 g/mol. The number of nitrogens with one attached hydrogen (secondary N) is 1. The Morgan fingerprint density at radius 2 is 2.05 bits per heavy atom. The first-order chi connectivity index (χ1) is 10.3. The van der Waals surface area contributed by atoms with Crippen molar-refractivity contribution in [2.24, 2.45) is 4.99 Å². The van der Waals surface area contributed by atoms with Gasteiger partial charge in [0.05, 0.1) is 6.54 Å². The third kappa shape index (κ3) is 3.82. The Morgan fingerprint density at radius 3 is 2.71 bits per heavy atom. The van der Waals surface area contributed by atoms with Gasteiger partial charge < -0.3 is 4.90 Å². The molecule has 0 aromatic carbocycles. The van der Waals surface area contributed by atoms with Crippen molar-refractivity contribution < 1.29 is 4.79 Å². The molecule has 1 fully saturated rings. The second-order valence-corrected chi connectivity index (χ2v) is 7.19. The van der Waals surface area contributed by atoms with Gasteiger partial charge >= 0.3 is 6.03 Å². The number of hydrogen-bond donors (Lipinski definition) is 1. The molecule has 0 radical (unpaired) electrons. The maximum Gasteiger partial charge on any atom is 0.323 e. The molecule has 3 aliphatic rings. The molecule has 1 saturated carbocycles. The van der Waals surface area contributed by atoms with Gasteiger partial charge in [0, 0.05) is 17.8 Å². The van der Waals surface area contributed by atoms with Gasteiger partial charge in [0.25, 0.3) is 0 Å². The normalized spacial score (nSPS) is 26.5. The van der Waals surface area contributed by atoms with E-state index in [1.54, 1.807) is 11.8 Å². The first kappa shape index (κ1) is 14.9. The fourth-order valence-electron chi connectivity index (χ4n) is 3.59. The van der Waals surface area contributed by atoms with Crippen LogP contribution in [0.1, 0.15) is 51.4 Å². The Hall–Kier alpha value is -0.970. The molecule has 1 atom stereocenters. The molecule has 21 heavy (non-hydrogen) atoms. The number of urea groups is 1. The van der Waals surface area contributed by atoms with Crippen LogP contribution in [0.3, 0.4) is 0 Å². The first-order valence-electron chi connectivity index (χ1n) is 8.26. The van der Waals surface area contributed by atoms with Crippen LogP contribution >= 0.6 is 11.8 Å². The lowest BCUT2D eigenvalue weighted by Crippen LogP contribution is -2.53. The van der Waals surface area contributed by atoms with Crippen LogP contribution in [0, 0.1) is 0 Å². The molecule has 0 saturated heterocycles. The summed E-state index contributed by atoms with van der Waals surface area (Å²) in [7, 11) is 0. The Balaban J connectivity index is 1.70. The summed E-state index contributed by atoms with van der Waals surface area (Å²) < 4.78 is 0. The Kier molecular flexibility index (Phi) is 5.22. The summed E-state index contributed by atoms with van der Waals surface area (Å²) >= 11 is 1.66. The van der Waals surface area contributed by atoms with Gasteiger partial charge in [-0.2, -0.15) is 0 Å². The molecule has 2 amide bonds. The van der Waals surface area contributed by atoms with Crippen molar-refractivity contribution >= 4 is 23.0 Å². The van der Waals surface area contributed by atoms with E-state index in [4.69, 9.17) is 0 Å². The van der Waals surface area contributed by atoms with Crippen molar-refractivity contribution in [3.05, 3.63) is 12.2 Å². The molecule has 3 rings (SSSR count). The van der Waals surface area contributed by atoms with E-state index in [1.165, 1.54) is 19.3 Å². The molecule has 1 aliphatic heterocycles. The zero-order valence-electron chi connectivity index (χ0n) is 12.6. The lowest BCUT2D eigenvalue weighted by atomic mass is 9.91. The maximum atomic E-state index is 12.8. The second kappa shape index (κ2) is 7.34. The monoisotopic (exact) mass is 307 g/mol. The van der Waals surface area contributed by atoms with E-state index < -0.39 is 0 Å². The van der Waals surface area contributed by atoms with Crippen molar-refractivity contribution in [2.75, 3.05) is 12.3 Å². The van der Waals surface area contributed by atoms with Gasteiger partial charge in [0.2, 0.25) is 0 Å². The number of amides is 2. The van der Waals surface area contributed by atoms with Gasteiger partial charge in [-0.05, 0) is 32.1 Å². The van der Waals surface area contributed by atoms with E-state index in [9.17, 15) is 4.79 Å². The SMILES string of the molecule is O=C(NC1=NCCS1)N(C1CC=CCC1)C1CCCCC1. The molecule has 1 heterocycles. The summed E-state index contributed by atoms with van der Waals surface area (Å²) in [6.07, 6.45) is 13.8. The Bertz CT molecular complexity index is 429. The molecule has 2 aliphatic carbocycles. The van der Waals surface area contributed by atoms with E-state index in [-0.39, 0.29) is 6.03 Å². The van der Waals surface area contributed by atoms with Crippen LogP contribution < -0.4 is 5.32 Å². The van der Waals surface area contributed by atoms with E-state index in [0.29, 0.717) is 12.1 Å². The van der Waals surface area contributed by atoms with Crippen LogP contribution in [-0.4, -0.2) is 40.5 Å². The second-order valence-electron chi connectivity index (χ2n) is 6.10. The van der Waals surface area contributed by atoms with Crippen molar-refractivity contribution in [2.45, 2.75) is 63.5 Å². The van der Waals surface area contributed by atoms with E-state index in [1.807, 2.05) is 0 Å². The zero-order chi connectivity index (χ0) is 14.5. The number of thioether (sulfide) groups is 1. The summed E-state index contributed by atoms with van der Waals surface area (Å²) in [6, 6.07) is 0.864. The van der Waals surface area contributed by atoms with Crippen LogP contribution in [0.15, 0.2) is 17.1 Å². The van der Waals surface area contributed by atoms with Gasteiger partial charge in [0.1, 0.15) is 0 Å². The van der Waals surface area contributed by atoms with Crippen molar-refractivity contribution in [3.8, 4) is 0 Å². The number of nitrogens with zero attached hydrogens (tertiary/aromatic N) is 2. The van der Waals surface area contributed by atoms with E-state index in [0.717, 1.165) is 49.6 Å². The van der Waals surface area contributed by atoms with Crippen LogP contribution in [0.2, 0.25) is 0 Å². The van der Waals surface area contributed by atoms with E-state index >= 15 is 0 Å². The third-order valence-corrected chi connectivity index (χ3v) is 5.53. The quantitative estimate of drug-likeness (QED) is 0.793. The molecule has 0 bridgehead atoms. The molecular formula is C16H25N3OS. The Labute approximate surface area is 131 Å². The van der Waals surface area contributed by atoms with Gasteiger partial charge in [-0.15, -0.1) is 0 Å². The third-order valence-electron chi connectivity index (χ3n) is 4.64. The minimum atomic E-state index is 0.0790. The molecule has 0 spiro atoms. The van der Waals surface area contributed by atoms with Gasteiger partial charge in [-0.3, -0.25) is 10.3 Å². The highest BCUT2D eigenvalue weighted by atomic mass is 32.2. The van der Waals surface area contributed by atoms with Crippen LogP contribution in [0.4, 0.5) is 4.79 Å². The highest BCUT2D eigenvalue weighted by molar-refractivity contribution is 8.14. The molecule has 1 unspecified atom stereocenters. The zero-order valence-corrected chi connectivity index (χ0v) is 13.4. The number of carbonyl (C=O) groups is 1. The topological polar surface area (TPSA) is 44.7 Å². The van der Waals surface area contributed by atoms with Gasteiger partial charge in [0.15, 0.2) is 5.17 Å². The predicted octanol–water partition coefficient (Wildman–Crippen LogP) is 3.54. The minimum Gasteiger partial charge on any atom is -0.318 e. The van der Waals surface area contributed by atoms with Gasteiger partial charge in [-0.25, -0.2) is 4.79 Å². The summed E-state index contributed by atoms with van der Waals surface area (Å²) in [4.78, 5) is 19.3. The van der Waals surface area contributed by atoms with E-state index in [2.05, 4.69) is 27.4 Å². The molecule has 0 aromatic heterocycles. The van der Waals surface area contributed by atoms with Crippen LogP contribution in [0.5, 0.6) is 0 Å². The molecule has 0 aromatic rings. The number of allylic oxidation sites excluding steroid dienone is 1. The number of hydrogen-bond acceptors (Lipinski definition) is 3. The fraction of sp³-hybridized carbons (Fsp3) is 0.750. The largest absolute Gasteiger partial charge is 0.323 e. The van der Waals surface area contributed by atoms with Crippen LogP contribution in [-0.2, 0) is 0 Å². The lowest BCUT2D eigenvalue weighted by Gasteiger charge is -2.40. The Morgan fingerprint density at radius 1 is 1.19 bits per heavy atom. The number of aliphatic imine (C=N–C) groups is 1. The molecule has 4 nitrogen and oxygen atoms in total. The van der Waals surface area contributed by atoms with Crippen molar-refractivity contribution in [3.63, 3.8) is 0 Å². The number of carbonyl (C=O) groups excluding carboxylic acids is 1. The summed E-state index contributed by atoms with van der Waals surface area (Å²) in [5, 5.41) is 3.86. The molecule has 116 valence electrons. The highest BCUT2D eigenvalue weighted by Crippen LogP contribution is 2.28. The maximum absolute atomic E-state index is 12.8. The number of rotatable bonds is 2. The number of amidine groups is 1. The van der Waals surface area contributed by atoms with Gasteiger partial charge in [-0.1, -0.05) is 43.2 Å². The molecule has 5 heteroatoms. The average Bonchev–Trinajstić information content (AvgIpc) is 3.02. The average molecular weight is 307 g/mol. The standard InChI is InChI=1S/C16H25N3OS/c20-16(18-15-17-11-12-21-15)19(13-7-3-1-4-8-13)14-9-5-2-6-10-14/h1,3,13-14H,2,4-12H2,(H,17,18,20). The lowest BCUT2D eigenvalue weighted by molar-refractivity contribution is 0.121. The first-order valence-corrected chi connectivity index (χ1v) is 9.25. The van der Waals surface area contributed by atoms with Crippen molar-refractivity contribution in [1.29, 1.82) is 0 Å². The minimum absolute atomic E-state index is 0.0790. The summed E-state index contributed by atoms with van der Waals surface area (Å²) in [6.45, 7) is 0.829. The summed E-state index contributed by atoms with van der Waals surface area (Å²) in [5.41, 5.74) is 0. The summed E-state index contributed by atoms with van der Waals surface area (Å²) in [5.74, 6) is 0.991. The fourth-order valence-corrected chi connectivity index (χ4v) is 4.30. The van der Waals surface area contributed by atoms with Crippen LogP contribution in [0.25, 0.3) is 0 Å².